The molecule has 1 atom stereocenters. The molecule has 92 valence electrons. The molecule has 1 unspecified atom stereocenters. The Kier molecular flexibility index (Phi) is 4.68. The fourth-order valence-electron chi connectivity index (χ4n) is 2.34. The summed E-state index contributed by atoms with van der Waals surface area (Å²) >= 11 is 0. The van der Waals surface area contributed by atoms with Crippen molar-refractivity contribution in [3.8, 4) is 0 Å². The first-order valence-corrected chi connectivity index (χ1v) is 6.59. The van der Waals surface area contributed by atoms with Gasteiger partial charge in [-0.1, -0.05) is 18.6 Å². The molecule has 0 fully saturated rings. The van der Waals surface area contributed by atoms with Crippen molar-refractivity contribution in [3.63, 3.8) is 0 Å². The molecule has 3 nitrogen and oxygen atoms in total. The molecule has 3 heteroatoms. The molecule has 1 N–H and O–H groups in total. The third kappa shape index (κ3) is 3.37. The first-order valence-electron chi connectivity index (χ1n) is 6.59. The van der Waals surface area contributed by atoms with Crippen LogP contribution in [0.5, 0.6) is 0 Å². The van der Waals surface area contributed by atoms with Crippen LogP contribution in [0.2, 0.25) is 0 Å². The van der Waals surface area contributed by atoms with Crippen molar-refractivity contribution < 1.29 is 0 Å². The predicted octanol–water partition coefficient (Wildman–Crippen LogP) is 3.02. The molecule has 17 heavy (non-hydrogen) atoms. The summed E-state index contributed by atoms with van der Waals surface area (Å²) in [6, 6.07) is 0.316. The van der Waals surface area contributed by atoms with Crippen LogP contribution in [0.15, 0.2) is 30.4 Å². The predicted molar refractivity (Wildman–Crippen MR) is 69.6 cm³/mol. The zero-order valence-electron chi connectivity index (χ0n) is 10.5. The molecular weight excluding hydrogens is 210 g/mol. The Balaban J connectivity index is 2.15. The number of hydrogen-bond acceptors (Lipinski definition) is 3. The van der Waals surface area contributed by atoms with Gasteiger partial charge < -0.3 is 5.32 Å². The van der Waals surface area contributed by atoms with Crippen LogP contribution < -0.4 is 5.32 Å². The molecule has 1 aliphatic carbocycles. The second-order valence-corrected chi connectivity index (χ2v) is 4.58. The smallest absolute Gasteiger partial charge is 0.115 e. The highest BCUT2D eigenvalue weighted by Gasteiger charge is 2.17. The van der Waals surface area contributed by atoms with Crippen LogP contribution in [-0.4, -0.2) is 16.5 Å². The van der Waals surface area contributed by atoms with Gasteiger partial charge in [-0.05, 0) is 38.6 Å². The molecule has 0 saturated carbocycles. The molecule has 0 amide bonds. The first-order chi connectivity index (χ1) is 8.42. The lowest BCUT2D eigenvalue weighted by molar-refractivity contribution is 0.544. The molecule has 0 aliphatic heterocycles. The standard InChI is InChI=1S/C14H21N3/c1-2-8-17-14(12-6-4-3-5-7-12)13-9-15-11-16-10-13/h6,9-11,14,17H,2-5,7-8H2,1H3. The second-order valence-electron chi connectivity index (χ2n) is 4.58. The normalized spacial score (nSPS) is 17.6. The quantitative estimate of drug-likeness (QED) is 0.792. The maximum absolute atomic E-state index is 4.13. The maximum atomic E-state index is 4.13. The summed E-state index contributed by atoms with van der Waals surface area (Å²) in [5.74, 6) is 0. The van der Waals surface area contributed by atoms with E-state index in [2.05, 4.69) is 28.3 Å². The average Bonchev–Trinajstić information content (AvgIpc) is 2.42. The minimum Gasteiger partial charge on any atom is -0.306 e. The Morgan fingerprint density at radius 3 is 2.76 bits per heavy atom. The van der Waals surface area contributed by atoms with Gasteiger partial charge in [0.2, 0.25) is 0 Å². The topological polar surface area (TPSA) is 37.8 Å². The molecule has 1 aliphatic rings. The van der Waals surface area contributed by atoms with Crippen LogP contribution in [-0.2, 0) is 0 Å². The van der Waals surface area contributed by atoms with Crippen LogP contribution in [0.1, 0.15) is 50.6 Å². The lowest BCUT2D eigenvalue weighted by Crippen LogP contribution is -2.25. The van der Waals surface area contributed by atoms with Crippen molar-refractivity contribution in [2.75, 3.05) is 6.54 Å². The van der Waals surface area contributed by atoms with E-state index in [1.165, 1.54) is 36.8 Å². The minimum absolute atomic E-state index is 0.316. The summed E-state index contributed by atoms with van der Waals surface area (Å²) in [6.45, 7) is 3.23. The third-order valence-corrected chi connectivity index (χ3v) is 3.21. The van der Waals surface area contributed by atoms with Crippen molar-refractivity contribution in [2.45, 2.75) is 45.1 Å². The molecule has 1 aromatic rings. The van der Waals surface area contributed by atoms with Gasteiger partial charge in [0.15, 0.2) is 0 Å². The highest BCUT2D eigenvalue weighted by atomic mass is 14.9. The van der Waals surface area contributed by atoms with E-state index in [-0.39, 0.29) is 0 Å². The summed E-state index contributed by atoms with van der Waals surface area (Å²) in [5.41, 5.74) is 2.70. The first kappa shape index (κ1) is 12.2. The van der Waals surface area contributed by atoms with Crippen LogP contribution in [0, 0.1) is 0 Å². The molecule has 1 aromatic heterocycles. The highest BCUT2D eigenvalue weighted by Crippen LogP contribution is 2.29. The van der Waals surface area contributed by atoms with Crippen molar-refractivity contribution in [3.05, 3.63) is 35.9 Å². The van der Waals surface area contributed by atoms with E-state index in [1.54, 1.807) is 6.33 Å². The zero-order chi connectivity index (χ0) is 11.9. The van der Waals surface area contributed by atoms with E-state index >= 15 is 0 Å². The fourth-order valence-corrected chi connectivity index (χ4v) is 2.34. The van der Waals surface area contributed by atoms with E-state index in [4.69, 9.17) is 0 Å². The van der Waals surface area contributed by atoms with Gasteiger partial charge in [0.25, 0.3) is 0 Å². The van der Waals surface area contributed by atoms with E-state index in [0.717, 1.165) is 13.0 Å². The molecule has 0 radical (unpaired) electrons. The van der Waals surface area contributed by atoms with Crippen molar-refractivity contribution in [2.24, 2.45) is 0 Å². The van der Waals surface area contributed by atoms with E-state index in [0.29, 0.717) is 6.04 Å². The molecule has 0 spiro atoms. The maximum Gasteiger partial charge on any atom is 0.115 e. The Morgan fingerprint density at radius 2 is 2.12 bits per heavy atom. The number of nitrogens with zero attached hydrogens (tertiary/aromatic N) is 2. The van der Waals surface area contributed by atoms with Crippen molar-refractivity contribution >= 4 is 0 Å². The SMILES string of the molecule is CCCNC(C1=CCCCC1)c1cncnc1. The number of nitrogens with one attached hydrogen (secondary N) is 1. The summed E-state index contributed by atoms with van der Waals surface area (Å²) in [7, 11) is 0. The Morgan fingerprint density at radius 1 is 1.29 bits per heavy atom. The third-order valence-electron chi connectivity index (χ3n) is 3.21. The average molecular weight is 231 g/mol. The van der Waals surface area contributed by atoms with Gasteiger partial charge in [-0.15, -0.1) is 0 Å². The summed E-state index contributed by atoms with van der Waals surface area (Å²) in [4.78, 5) is 8.26. The Bertz CT molecular complexity index is 359. The van der Waals surface area contributed by atoms with Gasteiger partial charge in [-0.3, -0.25) is 0 Å². The van der Waals surface area contributed by atoms with Gasteiger partial charge in [-0.25, -0.2) is 9.97 Å². The van der Waals surface area contributed by atoms with Gasteiger partial charge >= 0.3 is 0 Å². The molecule has 0 bridgehead atoms. The van der Waals surface area contributed by atoms with Crippen molar-refractivity contribution in [1.82, 2.24) is 15.3 Å². The largest absolute Gasteiger partial charge is 0.306 e. The van der Waals surface area contributed by atoms with Crippen LogP contribution in [0.4, 0.5) is 0 Å². The lowest BCUT2D eigenvalue weighted by atomic mass is 9.91. The monoisotopic (exact) mass is 231 g/mol. The number of allylic oxidation sites excluding steroid dienone is 1. The van der Waals surface area contributed by atoms with E-state index < -0.39 is 0 Å². The van der Waals surface area contributed by atoms with Gasteiger partial charge in [0.1, 0.15) is 6.33 Å². The summed E-state index contributed by atoms with van der Waals surface area (Å²) in [6.07, 6.45) is 14.0. The highest BCUT2D eigenvalue weighted by molar-refractivity contribution is 5.24. The molecule has 2 rings (SSSR count). The Hall–Kier alpha value is -1.22. The molecule has 0 aromatic carbocycles. The molecular formula is C14H21N3. The van der Waals surface area contributed by atoms with Gasteiger partial charge in [0.05, 0.1) is 6.04 Å². The van der Waals surface area contributed by atoms with Gasteiger partial charge in [-0.2, -0.15) is 0 Å². The van der Waals surface area contributed by atoms with E-state index in [9.17, 15) is 0 Å². The molecule has 0 saturated heterocycles. The van der Waals surface area contributed by atoms with Gasteiger partial charge in [0, 0.05) is 18.0 Å². The second kappa shape index (κ2) is 6.50. The van der Waals surface area contributed by atoms with Crippen LogP contribution in [0.3, 0.4) is 0 Å². The van der Waals surface area contributed by atoms with Crippen LogP contribution in [0.25, 0.3) is 0 Å². The Labute approximate surface area is 103 Å². The van der Waals surface area contributed by atoms with E-state index in [1.807, 2.05) is 12.4 Å². The lowest BCUT2D eigenvalue weighted by Gasteiger charge is -2.24. The minimum atomic E-state index is 0.316. The van der Waals surface area contributed by atoms with Crippen LogP contribution >= 0.6 is 0 Å². The summed E-state index contributed by atoms with van der Waals surface area (Å²) < 4.78 is 0. The molecule has 1 heterocycles. The summed E-state index contributed by atoms with van der Waals surface area (Å²) in [5, 5.41) is 3.61. The van der Waals surface area contributed by atoms with Crippen molar-refractivity contribution in [1.29, 1.82) is 0 Å². The number of rotatable bonds is 5. The fraction of sp³-hybridized carbons (Fsp3) is 0.571. The number of aromatic nitrogens is 2. The number of hydrogen-bond donors (Lipinski definition) is 1. The zero-order valence-corrected chi connectivity index (χ0v) is 10.5.